The van der Waals surface area contributed by atoms with Crippen LogP contribution in [0.25, 0.3) is 11.0 Å². The molecule has 1 aromatic heterocycles. The van der Waals surface area contributed by atoms with Crippen LogP contribution in [0.4, 0.5) is 5.69 Å². The third kappa shape index (κ3) is 2.48. The van der Waals surface area contributed by atoms with Gasteiger partial charge in [-0.2, -0.15) is 0 Å². The normalized spacial score (nSPS) is 10.8. The lowest BCUT2D eigenvalue weighted by Crippen LogP contribution is -1.88. The molecule has 0 atom stereocenters. The van der Waals surface area contributed by atoms with Gasteiger partial charge in [-0.3, -0.25) is 10.1 Å². The van der Waals surface area contributed by atoms with Crippen LogP contribution in [0.5, 0.6) is 0 Å². The van der Waals surface area contributed by atoms with Crippen molar-refractivity contribution in [1.82, 2.24) is 9.97 Å². The summed E-state index contributed by atoms with van der Waals surface area (Å²) in [4.78, 5) is 18.5. The fraction of sp³-hybridized carbons (Fsp3) is 0. The van der Waals surface area contributed by atoms with E-state index in [1.165, 1.54) is 23.9 Å². The standard InChI is InChI=1S/C13H8ClN3O2S/c14-9-7-8(17(18)19)5-6-12(9)20-13-15-10-3-1-2-4-11(10)16-13/h1-7H,(H,15,16). The van der Waals surface area contributed by atoms with Gasteiger partial charge in [-0.1, -0.05) is 35.5 Å². The number of para-hydroxylation sites is 2. The number of aromatic amines is 1. The quantitative estimate of drug-likeness (QED) is 0.579. The molecule has 7 heteroatoms. The Morgan fingerprint density at radius 2 is 2.05 bits per heavy atom. The maximum atomic E-state index is 10.7. The summed E-state index contributed by atoms with van der Waals surface area (Å²) in [7, 11) is 0. The van der Waals surface area contributed by atoms with Crippen molar-refractivity contribution < 1.29 is 4.92 Å². The number of hydrogen-bond donors (Lipinski definition) is 1. The second-order valence-corrected chi connectivity index (χ2v) is 5.47. The van der Waals surface area contributed by atoms with Gasteiger partial charge in [0.1, 0.15) is 0 Å². The first-order chi connectivity index (χ1) is 9.63. The van der Waals surface area contributed by atoms with Crippen molar-refractivity contribution in [3.8, 4) is 0 Å². The highest BCUT2D eigenvalue weighted by Crippen LogP contribution is 2.34. The number of nitro benzene ring substituents is 1. The van der Waals surface area contributed by atoms with E-state index in [0.717, 1.165) is 15.9 Å². The van der Waals surface area contributed by atoms with Crippen molar-refractivity contribution in [2.24, 2.45) is 0 Å². The van der Waals surface area contributed by atoms with Gasteiger partial charge in [0.15, 0.2) is 5.16 Å². The number of non-ortho nitro benzene ring substituents is 1. The Kier molecular flexibility index (Phi) is 3.33. The lowest BCUT2D eigenvalue weighted by molar-refractivity contribution is -0.384. The van der Waals surface area contributed by atoms with Gasteiger partial charge in [0, 0.05) is 17.0 Å². The van der Waals surface area contributed by atoms with Gasteiger partial charge in [-0.15, -0.1) is 0 Å². The molecule has 0 aliphatic carbocycles. The average molecular weight is 306 g/mol. The number of nitro groups is 1. The third-order valence-electron chi connectivity index (χ3n) is 2.70. The van der Waals surface area contributed by atoms with E-state index in [0.29, 0.717) is 10.2 Å². The van der Waals surface area contributed by atoms with Crippen LogP contribution in [0.3, 0.4) is 0 Å². The number of halogens is 1. The zero-order valence-electron chi connectivity index (χ0n) is 10.0. The zero-order valence-corrected chi connectivity index (χ0v) is 11.6. The lowest BCUT2D eigenvalue weighted by atomic mass is 10.3. The molecule has 0 spiro atoms. The topological polar surface area (TPSA) is 71.8 Å². The molecule has 0 radical (unpaired) electrons. The van der Waals surface area contributed by atoms with E-state index in [-0.39, 0.29) is 5.69 Å². The minimum atomic E-state index is -0.471. The summed E-state index contributed by atoms with van der Waals surface area (Å²) >= 11 is 7.39. The lowest BCUT2D eigenvalue weighted by Gasteiger charge is -2.00. The summed E-state index contributed by atoms with van der Waals surface area (Å²) in [5, 5.41) is 11.7. The summed E-state index contributed by atoms with van der Waals surface area (Å²) < 4.78 is 0. The van der Waals surface area contributed by atoms with Crippen molar-refractivity contribution >= 4 is 40.1 Å². The molecule has 0 saturated heterocycles. The molecular weight excluding hydrogens is 298 g/mol. The first-order valence-corrected chi connectivity index (χ1v) is 6.89. The van der Waals surface area contributed by atoms with Gasteiger partial charge in [0.25, 0.3) is 5.69 Å². The summed E-state index contributed by atoms with van der Waals surface area (Å²) in [6, 6.07) is 12.1. The van der Waals surface area contributed by atoms with Crippen LogP contribution in [-0.2, 0) is 0 Å². The molecule has 0 fully saturated rings. The Labute approximate surface area is 123 Å². The molecule has 0 saturated carbocycles. The van der Waals surface area contributed by atoms with Crippen molar-refractivity contribution in [2.45, 2.75) is 10.1 Å². The maximum Gasteiger partial charge on any atom is 0.270 e. The fourth-order valence-electron chi connectivity index (χ4n) is 1.77. The van der Waals surface area contributed by atoms with E-state index >= 15 is 0 Å². The second kappa shape index (κ2) is 5.15. The first kappa shape index (κ1) is 13.0. The summed E-state index contributed by atoms with van der Waals surface area (Å²) in [6.45, 7) is 0. The van der Waals surface area contributed by atoms with E-state index in [2.05, 4.69) is 9.97 Å². The SMILES string of the molecule is O=[N+]([O-])c1ccc(Sc2nc3ccccc3[nH]2)c(Cl)c1. The number of rotatable bonds is 3. The van der Waals surface area contributed by atoms with E-state index in [4.69, 9.17) is 11.6 Å². The van der Waals surface area contributed by atoms with Gasteiger partial charge >= 0.3 is 0 Å². The monoisotopic (exact) mass is 305 g/mol. The van der Waals surface area contributed by atoms with Crippen molar-refractivity contribution in [1.29, 1.82) is 0 Å². The largest absolute Gasteiger partial charge is 0.333 e. The Hall–Kier alpha value is -2.05. The van der Waals surface area contributed by atoms with Gasteiger partial charge in [0.2, 0.25) is 0 Å². The number of nitrogens with zero attached hydrogens (tertiary/aromatic N) is 2. The average Bonchev–Trinajstić information content (AvgIpc) is 2.83. The summed E-state index contributed by atoms with van der Waals surface area (Å²) in [5.74, 6) is 0. The smallest absolute Gasteiger partial charge is 0.270 e. The van der Waals surface area contributed by atoms with Crippen LogP contribution >= 0.6 is 23.4 Å². The molecule has 0 bridgehead atoms. The zero-order chi connectivity index (χ0) is 14.1. The highest BCUT2D eigenvalue weighted by atomic mass is 35.5. The molecule has 0 aliphatic heterocycles. The Balaban J connectivity index is 1.92. The molecule has 3 aromatic rings. The van der Waals surface area contributed by atoms with E-state index < -0.39 is 4.92 Å². The second-order valence-electron chi connectivity index (χ2n) is 4.03. The third-order valence-corrected chi connectivity index (χ3v) is 4.09. The number of benzene rings is 2. The van der Waals surface area contributed by atoms with Crippen LogP contribution in [-0.4, -0.2) is 14.9 Å². The van der Waals surface area contributed by atoms with Crippen molar-refractivity contribution in [2.75, 3.05) is 0 Å². The predicted octanol–water partition coefficient (Wildman–Crippen LogP) is 4.28. The van der Waals surface area contributed by atoms with E-state index in [1.54, 1.807) is 6.07 Å². The Morgan fingerprint density at radius 3 is 2.75 bits per heavy atom. The predicted molar refractivity (Wildman–Crippen MR) is 78.3 cm³/mol. The maximum absolute atomic E-state index is 10.7. The molecule has 0 unspecified atom stereocenters. The number of hydrogen-bond acceptors (Lipinski definition) is 4. The molecule has 20 heavy (non-hydrogen) atoms. The molecule has 5 nitrogen and oxygen atoms in total. The summed E-state index contributed by atoms with van der Waals surface area (Å²) in [5.41, 5.74) is 1.78. The Morgan fingerprint density at radius 1 is 1.25 bits per heavy atom. The van der Waals surface area contributed by atoms with Crippen LogP contribution in [0.15, 0.2) is 52.5 Å². The molecule has 3 rings (SSSR count). The van der Waals surface area contributed by atoms with E-state index in [1.807, 2.05) is 24.3 Å². The molecule has 1 N–H and O–H groups in total. The molecule has 100 valence electrons. The Bertz CT molecular complexity index is 770. The minimum Gasteiger partial charge on any atom is -0.333 e. The minimum absolute atomic E-state index is 0.0241. The molecule has 0 amide bonds. The fourth-order valence-corrected chi connectivity index (χ4v) is 2.86. The van der Waals surface area contributed by atoms with Gasteiger partial charge in [-0.25, -0.2) is 4.98 Å². The van der Waals surface area contributed by atoms with Crippen LogP contribution in [0.2, 0.25) is 5.02 Å². The highest BCUT2D eigenvalue weighted by Gasteiger charge is 2.12. The van der Waals surface area contributed by atoms with Crippen LogP contribution < -0.4 is 0 Å². The van der Waals surface area contributed by atoms with Crippen molar-refractivity contribution in [3.05, 3.63) is 57.6 Å². The van der Waals surface area contributed by atoms with E-state index in [9.17, 15) is 10.1 Å². The van der Waals surface area contributed by atoms with Crippen molar-refractivity contribution in [3.63, 3.8) is 0 Å². The van der Waals surface area contributed by atoms with Gasteiger partial charge in [0.05, 0.1) is 21.0 Å². The van der Waals surface area contributed by atoms with Gasteiger partial charge < -0.3 is 4.98 Å². The molecule has 0 aliphatic rings. The summed E-state index contributed by atoms with van der Waals surface area (Å²) in [6.07, 6.45) is 0. The number of imidazole rings is 1. The number of aromatic nitrogens is 2. The molecular formula is C13H8ClN3O2S. The highest BCUT2D eigenvalue weighted by molar-refractivity contribution is 7.99. The molecule has 1 heterocycles. The first-order valence-electron chi connectivity index (χ1n) is 5.70. The molecule has 2 aromatic carbocycles. The van der Waals surface area contributed by atoms with Crippen LogP contribution in [0, 0.1) is 10.1 Å². The number of H-pyrrole nitrogens is 1. The van der Waals surface area contributed by atoms with Crippen LogP contribution in [0.1, 0.15) is 0 Å². The van der Waals surface area contributed by atoms with Gasteiger partial charge in [-0.05, 0) is 18.2 Å². The number of fused-ring (bicyclic) bond motifs is 1. The number of nitrogens with one attached hydrogen (secondary N) is 1.